The lowest BCUT2D eigenvalue weighted by Crippen LogP contribution is -2.26. The molecule has 2 N–H and O–H groups in total. The van der Waals surface area contributed by atoms with Crippen molar-refractivity contribution in [2.24, 2.45) is 0 Å². The highest BCUT2D eigenvalue weighted by molar-refractivity contribution is 5.57. The summed E-state index contributed by atoms with van der Waals surface area (Å²) in [6.07, 6.45) is 0. The Morgan fingerprint density at radius 2 is 1.55 bits per heavy atom. The topological polar surface area (TPSA) is 58.9 Å². The largest absolute Gasteiger partial charge is 0.508 e. The molecule has 1 aliphatic heterocycles. The van der Waals surface area contributed by atoms with Crippen LogP contribution in [0.1, 0.15) is 45.2 Å². The molecule has 4 nitrogen and oxygen atoms in total. The second-order valence-corrected chi connectivity index (χ2v) is 7.80. The van der Waals surface area contributed by atoms with Gasteiger partial charge in [0.05, 0.1) is 13.7 Å². The zero-order valence-electron chi connectivity index (χ0n) is 17.2. The van der Waals surface area contributed by atoms with Gasteiger partial charge in [-0.25, -0.2) is 0 Å². The molecule has 0 saturated carbocycles. The van der Waals surface area contributed by atoms with E-state index in [0.717, 1.165) is 39.3 Å². The summed E-state index contributed by atoms with van der Waals surface area (Å²) in [6, 6.07) is 15.4. The van der Waals surface area contributed by atoms with E-state index in [1.807, 2.05) is 25.1 Å². The summed E-state index contributed by atoms with van der Waals surface area (Å²) in [5, 5.41) is 19.9. The third-order valence-electron chi connectivity index (χ3n) is 5.92. The zero-order valence-corrected chi connectivity index (χ0v) is 17.2. The van der Waals surface area contributed by atoms with Crippen LogP contribution in [0.15, 0.2) is 48.5 Å². The maximum Gasteiger partial charge on any atom is 0.129 e. The molecule has 150 valence electrons. The monoisotopic (exact) mass is 390 g/mol. The van der Waals surface area contributed by atoms with Crippen molar-refractivity contribution in [3.05, 3.63) is 81.9 Å². The molecule has 0 aromatic heterocycles. The number of methoxy groups -OCH3 is 1. The predicted molar refractivity (Wildman–Crippen MR) is 113 cm³/mol. The Kier molecular flexibility index (Phi) is 4.87. The van der Waals surface area contributed by atoms with Crippen LogP contribution in [-0.2, 0) is 0 Å². The average molecular weight is 390 g/mol. The summed E-state index contributed by atoms with van der Waals surface area (Å²) in [6.45, 7) is 6.51. The lowest BCUT2D eigenvalue weighted by Gasteiger charge is -2.36. The summed E-state index contributed by atoms with van der Waals surface area (Å²) >= 11 is 0. The predicted octanol–water partition coefficient (Wildman–Crippen LogP) is 5.34. The van der Waals surface area contributed by atoms with Gasteiger partial charge in [-0.05, 0) is 61.2 Å². The zero-order chi connectivity index (χ0) is 20.7. The second kappa shape index (κ2) is 7.36. The number of phenolic OH excluding ortho intramolecular Hbond substituents is 2. The summed E-state index contributed by atoms with van der Waals surface area (Å²) in [7, 11) is 1.70. The number of hydrogen-bond acceptors (Lipinski definition) is 4. The molecular weight excluding hydrogens is 364 g/mol. The first-order valence-electron chi connectivity index (χ1n) is 9.80. The fourth-order valence-corrected chi connectivity index (χ4v) is 4.53. The van der Waals surface area contributed by atoms with Crippen molar-refractivity contribution in [1.82, 2.24) is 0 Å². The van der Waals surface area contributed by atoms with Crippen LogP contribution in [0.25, 0.3) is 0 Å². The van der Waals surface area contributed by atoms with Crippen molar-refractivity contribution in [2.75, 3.05) is 13.7 Å². The van der Waals surface area contributed by atoms with Crippen molar-refractivity contribution in [1.29, 1.82) is 0 Å². The molecule has 0 fully saturated rings. The molecule has 0 saturated heterocycles. The smallest absolute Gasteiger partial charge is 0.129 e. The summed E-state index contributed by atoms with van der Waals surface area (Å²) in [5.74, 6) is 2.30. The van der Waals surface area contributed by atoms with Gasteiger partial charge < -0.3 is 19.7 Å². The van der Waals surface area contributed by atoms with Crippen LogP contribution in [0, 0.1) is 20.8 Å². The minimum atomic E-state index is 0.0610. The molecule has 4 heteroatoms. The first kappa shape index (κ1) is 19.2. The van der Waals surface area contributed by atoms with E-state index >= 15 is 0 Å². The molecule has 0 spiro atoms. The molecular formula is C25H26O4. The van der Waals surface area contributed by atoms with Gasteiger partial charge in [0.2, 0.25) is 0 Å². The van der Waals surface area contributed by atoms with Crippen molar-refractivity contribution in [2.45, 2.75) is 32.6 Å². The second-order valence-electron chi connectivity index (χ2n) is 7.80. The van der Waals surface area contributed by atoms with Crippen LogP contribution in [0.2, 0.25) is 0 Å². The number of ether oxygens (including phenoxy) is 2. The highest BCUT2D eigenvalue weighted by atomic mass is 16.5. The first-order chi connectivity index (χ1) is 13.9. The highest BCUT2D eigenvalue weighted by Crippen LogP contribution is 2.49. The van der Waals surface area contributed by atoms with Crippen molar-refractivity contribution < 1.29 is 19.7 Å². The molecule has 0 unspecified atom stereocenters. The van der Waals surface area contributed by atoms with Gasteiger partial charge in [-0.2, -0.15) is 0 Å². The molecule has 1 aliphatic rings. The van der Waals surface area contributed by atoms with Gasteiger partial charge in [-0.3, -0.25) is 0 Å². The van der Waals surface area contributed by atoms with Gasteiger partial charge in [0, 0.05) is 23.0 Å². The van der Waals surface area contributed by atoms with E-state index in [-0.39, 0.29) is 23.3 Å². The van der Waals surface area contributed by atoms with Crippen LogP contribution in [0.4, 0.5) is 0 Å². The van der Waals surface area contributed by atoms with Gasteiger partial charge >= 0.3 is 0 Å². The SMILES string of the molecule is COc1c(C)cc([C@H]2c3ccc(O)c(C)c3OC[C@H]2c2ccc(O)cc2)cc1C. The van der Waals surface area contributed by atoms with Crippen LogP contribution in [0.3, 0.4) is 0 Å². The lowest BCUT2D eigenvalue weighted by atomic mass is 9.74. The molecule has 2 atom stereocenters. The molecule has 0 radical (unpaired) electrons. The molecule has 4 rings (SSSR count). The van der Waals surface area contributed by atoms with Gasteiger partial charge in [0.15, 0.2) is 0 Å². The fraction of sp³-hybridized carbons (Fsp3) is 0.280. The van der Waals surface area contributed by atoms with E-state index in [9.17, 15) is 10.2 Å². The van der Waals surface area contributed by atoms with Crippen LogP contribution in [0.5, 0.6) is 23.0 Å². The Morgan fingerprint density at radius 3 is 2.17 bits per heavy atom. The number of rotatable bonds is 3. The minimum Gasteiger partial charge on any atom is -0.508 e. The van der Waals surface area contributed by atoms with Gasteiger partial charge in [-0.1, -0.05) is 30.3 Å². The molecule has 0 amide bonds. The van der Waals surface area contributed by atoms with Gasteiger partial charge in [-0.15, -0.1) is 0 Å². The first-order valence-corrected chi connectivity index (χ1v) is 9.80. The van der Waals surface area contributed by atoms with Crippen molar-refractivity contribution in [3.8, 4) is 23.0 Å². The Balaban J connectivity index is 1.92. The standard InChI is InChI=1S/C25H26O4/c1-14-11-18(12-15(2)24(14)28-4)23-20-9-10-22(27)16(3)25(20)29-13-21(23)17-5-7-19(26)8-6-17/h5-12,21,23,26-27H,13H2,1-4H3/t21-,23-/m0/s1. The van der Waals surface area contributed by atoms with E-state index in [0.29, 0.717) is 6.61 Å². The number of hydrogen-bond donors (Lipinski definition) is 2. The van der Waals surface area contributed by atoms with Crippen LogP contribution >= 0.6 is 0 Å². The van der Waals surface area contributed by atoms with E-state index in [4.69, 9.17) is 9.47 Å². The Hall–Kier alpha value is -3.14. The summed E-state index contributed by atoms with van der Waals surface area (Å²) < 4.78 is 11.7. The van der Waals surface area contributed by atoms with Crippen molar-refractivity contribution in [3.63, 3.8) is 0 Å². The Bertz CT molecular complexity index is 1030. The quantitative estimate of drug-likeness (QED) is 0.634. The highest BCUT2D eigenvalue weighted by Gasteiger charge is 2.35. The third-order valence-corrected chi connectivity index (χ3v) is 5.92. The minimum absolute atomic E-state index is 0.0610. The Morgan fingerprint density at radius 1 is 0.897 bits per heavy atom. The van der Waals surface area contributed by atoms with Gasteiger partial charge in [0.25, 0.3) is 0 Å². The maximum absolute atomic E-state index is 10.2. The third kappa shape index (κ3) is 3.29. The molecule has 29 heavy (non-hydrogen) atoms. The van der Waals surface area contributed by atoms with Crippen LogP contribution in [-0.4, -0.2) is 23.9 Å². The Labute approximate surface area is 171 Å². The molecule has 1 heterocycles. The van der Waals surface area contributed by atoms with E-state index < -0.39 is 0 Å². The summed E-state index contributed by atoms with van der Waals surface area (Å²) in [4.78, 5) is 0. The maximum atomic E-state index is 10.2. The lowest BCUT2D eigenvalue weighted by molar-refractivity contribution is 0.245. The number of phenols is 2. The molecule has 3 aromatic rings. The molecule has 0 bridgehead atoms. The van der Waals surface area contributed by atoms with E-state index in [2.05, 4.69) is 26.0 Å². The summed E-state index contributed by atoms with van der Waals surface area (Å²) in [5.41, 5.74) is 6.31. The van der Waals surface area contributed by atoms with Gasteiger partial charge in [0.1, 0.15) is 23.0 Å². The van der Waals surface area contributed by atoms with E-state index in [1.165, 1.54) is 5.56 Å². The molecule has 3 aromatic carbocycles. The average Bonchev–Trinajstić information content (AvgIpc) is 2.70. The van der Waals surface area contributed by atoms with Crippen molar-refractivity contribution >= 4 is 0 Å². The van der Waals surface area contributed by atoms with E-state index in [1.54, 1.807) is 25.3 Å². The number of aromatic hydroxyl groups is 2. The normalized spacial score (nSPS) is 18.1. The number of aryl methyl sites for hydroxylation is 2. The number of benzene rings is 3. The molecule has 0 aliphatic carbocycles. The fourth-order valence-electron chi connectivity index (χ4n) is 4.53. The number of fused-ring (bicyclic) bond motifs is 1. The van der Waals surface area contributed by atoms with Crippen LogP contribution < -0.4 is 9.47 Å².